The zero-order valence-corrected chi connectivity index (χ0v) is 12.9. The lowest BCUT2D eigenvalue weighted by Gasteiger charge is -2.06. The van der Waals surface area contributed by atoms with Crippen LogP contribution in [0.1, 0.15) is 31.3 Å². The highest BCUT2D eigenvalue weighted by Gasteiger charge is 2.08. The van der Waals surface area contributed by atoms with E-state index in [4.69, 9.17) is 4.74 Å². The lowest BCUT2D eigenvalue weighted by Crippen LogP contribution is -2.04. The van der Waals surface area contributed by atoms with Crippen LogP contribution in [0.25, 0.3) is 11.3 Å². The Morgan fingerprint density at radius 3 is 2.33 bits per heavy atom. The second kappa shape index (κ2) is 8.74. The number of carbonyl (C=O) groups is 1. The zero-order valence-electron chi connectivity index (χ0n) is 12.9. The van der Waals surface area contributed by atoms with Gasteiger partial charge in [-0.15, -0.1) is 0 Å². The summed E-state index contributed by atoms with van der Waals surface area (Å²) in [4.78, 5) is 15.7. The number of hydrogen-bond donors (Lipinski definition) is 0. The molecule has 4 heteroatoms. The van der Waals surface area contributed by atoms with Gasteiger partial charge in [0.1, 0.15) is 11.4 Å². The molecule has 0 bridgehead atoms. The number of aromatic nitrogens is 1. The molecule has 2 aromatic rings. The monoisotopic (exact) mass is 287 g/mol. The van der Waals surface area contributed by atoms with Crippen LogP contribution in [0.15, 0.2) is 42.5 Å². The number of pyridine rings is 1. The van der Waals surface area contributed by atoms with E-state index in [1.165, 1.54) is 7.11 Å². The first-order chi connectivity index (χ1) is 10.2. The van der Waals surface area contributed by atoms with E-state index in [0.29, 0.717) is 12.3 Å². The molecule has 0 aliphatic heterocycles. The molecule has 0 N–H and O–H groups in total. The van der Waals surface area contributed by atoms with E-state index < -0.39 is 5.97 Å². The number of nitrogens with zero attached hydrogens (tertiary/aromatic N) is 1. The quantitative estimate of drug-likeness (QED) is 0.799. The lowest BCUT2D eigenvalue weighted by atomic mass is 10.1. The maximum absolute atomic E-state index is 11.4. The van der Waals surface area contributed by atoms with Gasteiger partial charge in [0, 0.05) is 5.56 Å². The smallest absolute Gasteiger partial charge is 0.356 e. The molecule has 2 rings (SSSR count). The number of benzene rings is 1. The summed E-state index contributed by atoms with van der Waals surface area (Å²) < 4.78 is 10.0. The summed E-state index contributed by atoms with van der Waals surface area (Å²) >= 11 is 0. The second-order valence-corrected chi connectivity index (χ2v) is 3.86. The highest BCUT2D eigenvalue weighted by molar-refractivity contribution is 5.87. The molecule has 0 atom stereocenters. The first kappa shape index (κ1) is 16.7. The standard InChI is InChI=1S/C15H15NO3.C2H6/c1-3-19-12-9-7-11(8-10-12)13-5-4-6-14(16-13)15(17)18-2;1-2/h4-10H,3H2,1-2H3;1-2H3. The third kappa shape index (κ3) is 4.60. The van der Waals surface area contributed by atoms with E-state index in [1.807, 2.05) is 51.1 Å². The van der Waals surface area contributed by atoms with Crippen LogP contribution in [0.5, 0.6) is 5.75 Å². The summed E-state index contributed by atoms with van der Waals surface area (Å²) in [6, 6.07) is 12.8. The van der Waals surface area contributed by atoms with Crippen LogP contribution in [-0.4, -0.2) is 24.7 Å². The number of hydrogen-bond acceptors (Lipinski definition) is 4. The van der Waals surface area contributed by atoms with Crippen molar-refractivity contribution in [2.45, 2.75) is 20.8 Å². The molecule has 0 aliphatic rings. The predicted molar refractivity (Wildman–Crippen MR) is 83.5 cm³/mol. The number of ether oxygens (including phenoxy) is 2. The minimum absolute atomic E-state index is 0.300. The van der Waals surface area contributed by atoms with Gasteiger partial charge in [0.25, 0.3) is 0 Å². The third-order valence-electron chi connectivity index (χ3n) is 2.60. The van der Waals surface area contributed by atoms with Crippen molar-refractivity contribution in [2.24, 2.45) is 0 Å². The zero-order chi connectivity index (χ0) is 15.7. The van der Waals surface area contributed by atoms with E-state index in [1.54, 1.807) is 12.1 Å². The van der Waals surface area contributed by atoms with Gasteiger partial charge in [0.05, 0.1) is 19.4 Å². The first-order valence-corrected chi connectivity index (χ1v) is 7.03. The van der Waals surface area contributed by atoms with E-state index in [2.05, 4.69) is 9.72 Å². The Morgan fingerprint density at radius 2 is 1.76 bits per heavy atom. The van der Waals surface area contributed by atoms with E-state index in [0.717, 1.165) is 17.0 Å². The number of carbonyl (C=O) groups excluding carboxylic acids is 1. The van der Waals surface area contributed by atoms with Crippen molar-refractivity contribution in [2.75, 3.05) is 13.7 Å². The molecule has 0 radical (unpaired) electrons. The molecule has 1 aromatic heterocycles. The fraction of sp³-hybridized carbons (Fsp3) is 0.294. The molecule has 0 aliphatic carbocycles. The van der Waals surface area contributed by atoms with E-state index in [-0.39, 0.29) is 0 Å². The number of rotatable bonds is 4. The molecule has 0 saturated heterocycles. The van der Waals surface area contributed by atoms with Crippen LogP contribution in [0.2, 0.25) is 0 Å². The lowest BCUT2D eigenvalue weighted by molar-refractivity contribution is 0.0594. The summed E-state index contributed by atoms with van der Waals surface area (Å²) in [7, 11) is 1.34. The minimum Gasteiger partial charge on any atom is -0.494 e. The Kier molecular flexibility index (Phi) is 6.95. The molecule has 1 heterocycles. The summed E-state index contributed by atoms with van der Waals surface area (Å²) in [5.41, 5.74) is 1.95. The third-order valence-corrected chi connectivity index (χ3v) is 2.60. The Hall–Kier alpha value is -2.36. The maximum atomic E-state index is 11.4. The molecule has 21 heavy (non-hydrogen) atoms. The van der Waals surface area contributed by atoms with Crippen LogP contribution in [0, 0.1) is 0 Å². The maximum Gasteiger partial charge on any atom is 0.356 e. The average Bonchev–Trinajstić information content (AvgIpc) is 2.57. The van der Waals surface area contributed by atoms with Crippen molar-refractivity contribution in [1.29, 1.82) is 0 Å². The van der Waals surface area contributed by atoms with Crippen molar-refractivity contribution < 1.29 is 14.3 Å². The van der Waals surface area contributed by atoms with Crippen LogP contribution in [0.4, 0.5) is 0 Å². The Morgan fingerprint density at radius 1 is 1.10 bits per heavy atom. The molecule has 0 spiro atoms. The topological polar surface area (TPSA) is 48.4 Å². The molecule has 0 fully saturated rings. The van der Waals surface area contributed by atoms with E-state index >= 15 is 0 Å². The molecule has 4 nitrogen and oxygen atoms in total. The van der Waals surface area contributed by atoms with Crippen LogP contribution >= 0.6 is 0 Å². The van der Waals surface area contributed by atoms with Gasteiger partial charge in [0.15, 0.2) is 0 Å². The summed E-state index contributed by atoms with van der Waals surface area (Å²) in [5.74, 6) is 0.378. The highest BCUT2D eigenvalue weighted by atomic mass is 16.5. The largest absolute Gasteiger partial charge is 0.494 e. The number of methoxy groups -OCH3 is 1. The Bertz CT molecular complexity index is 565. The molecule has 112 valence electrons. The van der Waals surface area contributed by atoms with Crippen LogP contribution in [0.3, 0.4) is 0 Å². The van der Waals surface area contributed by atoms with Crippen molar-refractivity contribution in [3.8, 4) is 17.0 Å². The summed E-state index contributed by atoms with van der Waals surface area (Å²) in [6.45, 7) is 6.57. The summed E-state index contributed by atoms with van der Waals surface area (Å²) in [5, 5.41) is 0. The minimum atomic E-state index is -0.437. The van der Waals surface area contributed by atoms with Gasteiger partial charge in [-0.25, -0.2) is 9.78 Å². The average molecular weight is 287 g/mol. The van der Waals surface area contributed by atoms with Crippen molar-refractivity contribution in [1.82, 2.24) is 4.98 Å². The van der Waals surface area contributed by atoms with Gasteiger partial charge < -0.3 is 9.47 Å². The van der Waals surface area contributed by atoms with Crippen molar-refractivity contribution >= 4 is 5.97 Å². The van der Waals surface area contributed by atoms with Gasteiger partial charge in [-0.1, -0.05) is 19.9 Å². The normalized spacial score (nSPS) is 9.33. The van der Waals surface area contributed by atoms with Crippen molar-refractivity contribution in [3.63, 3.8) is 0 Å². The molecule has 0 amide bonds. The Balaban J connectivity index is 0.00000106. The SMILES string of the molecule is CC.CCOc1ccc(-c2cccc(C(=O)OC)n2)cc1. The second-order valence-electron chi connectivity index (χ2n) is 3.86. The fourth-order valence-corrected chi connectivity index (χ4v) is 1.70. The molecule has 0 saturated carbocycles. The predicted octanol–water partition coefficient (Wildman–Crippen LogP) is 3.96. The molecule has 0 unspecified atom stereocenters. The molecular formula is C17H21NO3. The van der Waals surface area contributed by atoms with Crippen LogP contribution < -0.4 is 4.74 Å². The first-order valence-electron chi connectivity index (χ1n) is 7.03. The highest BCUT2D eigenvalue weighted by Crippen LogP contribution is 2.21. The summed E-state index contributed by atoms with van der Waals surface area (Å²) in [6.07, 6.45) is 0. The van der Waals surface area contributed by atoms with Gasteiger partial charge in [-0.3, -0.25) is 0 Å². The van der Waals surface area contributed by atoms with E-state index in [9.17, 15) is 4.79 Å². The van der Waals surface area contributed by atoms with Crippen LogP contribution in [-0.2, 0) is 4.74 Å². The van der Waals surface area contributed by atoms with Gasteiger partial charge >= 0.3 is 5.97 Å². The number of esters is 1. The van der Waals surface area contributed by atoms with Gasteiger partial charge in [-0.05, 0) is 43.3 Å². The molecule has 1 aromatic carbocycles. The Labute approximate surface area is 125 Å². The fourth-order valence-electron chi connectivity index (χ4n) is 1.70. The molecular weight excluding hydrogens is 266 g/mol. The van der Waals surface area contributed by atoms with Crippen molar-refractivity contribution in [3.05, 3.63) is 48.2 Å². The van der Waals surface area contributed by atoms with Gasteiger partial charge in [-0.2, -0.15) is 0 Å². The van der Waals surface area contributed by atoms with Gasteiger partial charge in [0.2, 0.25) is 0 Å².